The third kappa shape index (κ3) is 5.78. The summed E-state index contributed by atoms with van der Waals surface area (Å²) in [6.45, 7) is -0.0327. The van der Waals surface area contributed by atoms with E-state index in [9.17, 15) is 13.2 Å². The van der Waals surface area contributed by atoms with Gasteiger partial charge in [0.2, 0.25) is 0 Å². The third-order valence-corrected chi connectivity index (χ3v) is 7.08. The van der Waals surface area contributed by atoms with E-state index in [1.807, 2.05) is 0 Å². The van der Waals surface area contributed by atoms with Crippen LogP contribution in [0.25, 0.3) is 0 Å². The number of sulfone groups is 1. The van der Waals surface area contributed by atoms with Gasteiger partial charge in [-0.05, 0) is 48.4 Å². The molecule has 1 fully saturated rings. The van der Waals surface area contributed by atoms with Crippen LogP contribution < -0.4 is 9.47 Å². The number of hydrogen-bond acceptors (Lipinski definition) is 5. The zero-order chi connectivity index (χ0) is 21.0. The number of carbonyl (C=O) groups excluding carboxylic acids is 1. The Balaban J connectivity index is 1.75. The van der Waals surface area contributed by atoms with Crippen LogP contribution in [0.5, 0.6) is 11.5 Å². The molecule has 1 saturated heterocycles. The number of amides is 1. The summed E-state index contributed by atoms with van der Waals surface area (Å²) in [4.78, 5) is 14.5. The number of nitrogens with zero attached hydrogens (tertiary/aromatic N) is 1. The van der Waals surface area contributed by atoms with Crippen molar-refractivity contribution in [2.24, 2.45) is 0 Å². The monoisotopic (exact) mass is 457 g/mol. The summed E-state index contributed by atoms with van der Waals surface area (Å²) in [6.07, 6.45) is 0.391. The molecule has 0 bridgehead atoms. The fourth-order valence-electron chi connectivity index (χ4n) is 3.18. The molecular weight excluding hydrogens is 437 g/mol. The average Bonchev–Trinajstić information content (AvgIpc) is 3.05. The summed E-state index contributed by atoms with van der Waals surface area (Å²) in [5, 5.41) is 0.912. The first-order valence-electron chi connectivity index (χ1n) is 8.98. The molecule has 0 spiro atoms. The summed E-state index contributed by atoms with van der Waals surface area (Å²) >= 11 is 12.2. The van der Waals surface area contributed by atoms with Crippen LogP contribution in [-0.2, 0) is 21.2 Å². The van der Waals surface area contributed by atoms with Gasteiger partial charge >= 0.3 is 0 Å². The fourth-order valence-corrected chi connectivity index (χ4v) is 5.37. The lowest BCUT2D eigenvalue weighted by atomic mass is 10.1. The maximum Gasteiger partial charge on any atom is 0.261 e. The molecule has 2 aromatic rings. The molecule has 3 rings (SSSR count). The van der Waals surface area contributed by atoms with Gasteiger partial charge in [0, 0.05) is 22.6 Å². The van der Waals surface area contributed by atoms with Crippen LogP contribution in [0, 0.1) is 0 Å². The predicted octanol–water partition coefficient (Wildman–Crippen LogP) is 3.60. The number of hydrogen-bond donors (Lipinski definition) is 0. The van der Waals surface area contributed by atoms with Crippen LogP contribution in [0.1, 0.15) is 12.0 Å². The van der Waals surface area contributed by atoms with Crippen molar-refractivity contribution < 1.29 is 22.7 Å². The summed E-state index contributed by atoms with van der Waals surface area (Å²) in [7, 11) is -1.60. The van der Waals surface area contributed by atoms with Gasteiger partial charge in [-0.3, -0.25) is 4.79 Å². The van der Waals surface area contributed by atoms with Crippen LogP contribution in [0.3, 0.4) is 0 Å². The number of rotatable bonds is 7. The average molecular weight is 458 g/mol. The summed E-state index contributed by atoms with van der Waals surface area (Å²) in [5.41, 5.74) is 0.693. The number of methoxy groups -OCH3 is 1. The van der Waals surface area contributed by atoms with Crippen molar-refractivity contribution in [3.63, 3.8) is 0 Å². The highest BCUT2D eigenvalue weighted by Crippen LogP contribution is 2.26. The second-order valence-electron chi connectivity index (χ2n) is 6.78. The Bertz CT molecular complexity index is 979. The van der Waals surface area contributed by atoms with Crippen LogP contribution in [0.2, 0.25) is 10.0 Å². The van der Waals surface area contributed by atoms with Crippen molar-refractivity contribution in [3.05, 3.63) is 58.1 Å². The first-order chi connectivity index (χ1) is 13.8. The Kier molecular flexibility index (Phi) is 6.93. The summed E-state index contributed by atoms with van der Waals surface area (Å²) in [5.74, 6) is 0.886. The molecule has 0 aromatic heterocycles. The van der Waals surface area contributed by atoms with Gasteiger partial charge in [0.15, 0.2) is 16.4 Å². The van der Waals surface area contributed by atoms with Gasteiger partial charge in [0.25, 0.3) is 5.91 Å². The molecule has 0 radical (unpaired) electrons. The quantitative estimate of drug-likeness (QED) is 0.634. The first-order valence-corrected chi connectivity index (χ1v) is 11.6. The van der Waals surface area contributed by atoms with E-state index in [-0.39, 0.29) is 30.6 Å². The Labute approximate surface area is 180 Å². The molecule has 1 aliphatic rings. The molecular formula is C20H21Cl2NO5S. The second kappa shape index (κ2) is 9.24. The highest BCUT2D eigenvalue weighted by atomic mass is 35.5. The highest BCUT2D eigenvalue weighted by Gasteiger charge is 2.35. The van der Waals surface area contributed by atoms with Gasteiger partial charge in [0.1, 0.15) is 11.5 Å². The standard InChI is InChI=1S/C20H21Cl2NO5S/c1-27-17-4-6-18(7-5-17)28-12-20(24)23(16-8-9-29(25,26)13-16)11-14-2-3-15(21)10-19(14)22/h2-7,10,16H,8-9,11-13H2,1H3. The van der Waals surface area contributed by atoms with Crippen LogP contribution in [0.15, 0.2) is 42.5 Å². The molecule has 29 heavy (non-hydrogen) atoms. The van der Waals surface area contributed by atoms with Gasteiger partial charge in [-0.25, -0.2) is 8.42 Å². The number of ether oxygens (including phenoxy) is 2. The van der Waals surface area contributed by atoms with Crippen molar-refractivity contribution in [1.29, 1.82) is 0 Å². The molecule has 1 unspecified atom stereocenters. The zero-order valence-corrected chi connectivity index (χ0v) is 18.1. The molecule has 9 heteroatoms. The van der Waals surface area contributed by atoms with Crippen molar-refractivity contribution in [2.45, 2.75) is 19.0 Å². The SMILES string of the molecule is COc1ccc(OCC(=O)N(Cc2ccc(Cl)cc2Cl)C2CCS(=O)(=O)C2)cc1. The van der Waals surface area contributed by atoms with Crippen molar-refractivity contribution in [3.8, 4) is 11.5 Å². The molecule has 2 aromatic carbocycles. The number of benzene rings is 2. The van der Waals surface area contributed by atoms with Gasteiger partial charge in [-0.2, -0.15) is 0 Å². The van der Waals surface area contributed by atoms with Crippen molar-refractivity contribution in [1.82, 2.24) is 4.90 Å². The molecule has 1 amide bonds. The molecule has 1 heterocycles. The van der Waals surface area contributed by atoms with E-state index in [1.54, 1.807) is 49.6 Å². The molecule has 0 N–H and O–H groups in total. The molecule has 6 nitrogen and oxygen atoms in total. The van der Waals surface area contributed by atoms with E-state index in [2.05, 4.69) is 0 Å². The Hall–Kier alpha value is -1.96. The van der Waals surface area contributed by atoms with Gasteiger partial charge in [-0.1, -0.05) is 29.3 Å². The molecule has 156 valence electrons. The summed E-state index contributed by atoms with van der Waals surface area (Å²) in [6, 6.07) is 11.5. The highest BCUT2D eigenvalue weighted by molar-refractivity contribution is 7.91. The Morgan fingerprint density at radius 2 is 1.83 bits per heavy atom. The molecule has 0 saturated carbocycles. The van der Waals surface area contributed by atoms with Gasteiger partial charge in [0.05, 0.1) is 18.6 Å². The minimum absolute atomic E-state index is 0.0630. The van der Waals surface area contributed by atoms with Gasteiger partial charge < -0.3 is 14.4 Å². The van der Waals surface area contributed by atoms with Crippen molar-refractivity contribution >= 4 is 38.9 Å². The fraction of sp³-hybridized carbons (Fsp3) is 0.350. The van der Waals surface area contributed by atoms with Gasteiger partial charge in [-0.15, -0.1) is 0 Å². The molecule has 1 atom stereocenters. The van der Waals surface area contributed by atoms with E-state index in [1.165, 1.54) is 4.90 Å². The van der Waals surface area contributed by atoms with E-state index in [4.69, 9.17) is 32.7 Å². The Morgan fingerprint density at radius 1 is 1.14 bits per heavy atom. The van der Waals surface area contributed by atoms with E-state index < -0.39 is 15.9 Å². The zero-order valence-electron chi connectivity index (χ0n) is 15.8. The predicted molar refractivity (Wildman–Crippen MR) is 113 cm³/mol. The number of halogens is 2. The lowest BCUT2D eigenvalue weighted by Gasteiger charge is -2.29. The van der Waals surface area contributed by atoms with E-state index >= 15 is 0 Å². The largest absolute Gasteiger partial charge is 0.497 e. The molecule has 1 aliphatic heterocycles. The minimum atomic E-state index is -3.16. The first kappa shape index (κ1) is 21.7. The normalized spacial score (nSPS) is 17.7. The smallest absolute Gasteiger partial charge is 0.261 e. The van der Waals surface area contributed by atoms with Crippen molar-refractivity contribution in [2.75, 3.05) is 25.2 Å². The van der Waals surface area contributed by atoms with Crippen LogP contribution in [0.4, 0.5) is 0 Å². The minimum Gasteiger partial charge on any atom is -0.497 e. The van der Waals surface area contributed by atoms with Crippen LogP contribution >= 0.6 is 23.2 Å². The Morgan fingerprint density at radius 3 is 2.41 bits per heavy atom. The lowest BCUT2D eigenvalue weighted by molar-refractivity contribution is -0.136. The van der Waals surface area contributed by atoms with E-state index in [0.29, 0.717) is 33.5 Å². The molecule has 0 aliphatic carbocycles. The topological polar surface area (TPSA) is 72.9 Å². The maximum absolute atomic E-state index is 12.9. The summed E-state index contributed by atoms with van der Waals surface area (Å²) < 4.78 is 34.6. The van der Waals surface area contributed by atoms with E-state index in [0.717, 1.165) is 0 Å². The van der Waals surface area contributed by atoms with Crippen LogP contribution in [-0.4, -0.2) is 50.5 Å². The second-order valence-corrected chi connectivity index (χ2v) is 9.85. The maximum atomic E-state index is 12.9. The third-order valence-electron chi connectivity index (χ3n) is 4.75. The lowest BCUT2D eigenvalue weighted by Crippen LogP contribution is -2.43. The number of carbonyl (C=O) groups is 1.